The second kappa shape index (κ2) is 7.50. The van der Waals surface area contributed by atoms with Crippen molar-refractivity contribution in [2.75, 3.05) is 26.3 Å². The summed E-state index contributed by atoms with van der Waals surface area (Å²) in [6.07, 6.45) is 5.89. The van der Waals surface area contributed by atoms with Crippen LogP contribution in [0.15, 0.2) is 30.6 Å². The van der Waals surface area contributed by atoms with Gasteiger partial charge in [0.1, 0.15) is 25.1 Å². The van der Waals surface area contributed by atoms with Crippen LogP contribution in [0.3, 0.4) is 0 Å². The predicted molar refractivity (Wildman–Crippen MR) is 97.8 cm³/mol. The maximum atomic E-state index is 6.10. The van der Waals surface area contributed by atoms with Crippen LogP contribution >= 0.6 is 0 Å². The fourth-order valence-corrected chi connectivity index (χ4v) is 3.53. The first kappa shape index (κ1) is 17.1. The van der Waals surface area contributed by atoms with Gasteiger partial charge in [-0.1, -0.05) is 0 Å². The number of hydrogen-bond donors (Lipinski definition) is 0. The van der Waals surface area contributed by atoms with E-state index in [1.807, 2.05) is 31.3 Å². The van der Waals surface area contributed by atoms with E-state index in [1.165, 1.54) is 0 Å². The van der Waals surface area contributed by atoms with Crippen LogP contribution in [0, 0.1) is 6.92 Å². The molecule has 1 saturated heterocycles. The van der Waals surface area contributed by atoms with Crippen molar-refractivity contribution in [2.45, 2.75) is 38.8 Å². The molecule has 2 aromatic rings. The van der Waals surface area contributed by atoms with Crippen LogP contribution in [0.5, 0.6) is 17.4 Å². The van der Waals surface area contributed by atoms with Gasteiger partial charge in [-0.25, -0.2) is 4.98 Å². The van der Waals surface area contributed by atoms with Crippen LogP contribution in [0.1, 0.15) is 37.1 Å². The highest BCUT2D eigenvalue weighted by molar-refractivity contribution is 5.36. The number of ether oxygens (including phenoxy) is 3. The summed E-state index contributed by atoms with van der Waals surface area (Å²) in [5.41, 5.74) is 2.15. The molecule has 6 heteroatoms. The molecular weight excluding hydrogens is 330 g/mol. The molecule has 1 fully saturated rings. The van der Waals surface area contributed by atoms with E-state index in [0.717, 1.165) is 48.7 Å². The standard InChI is InChI=1S/C20H25N3O3/c1-14-11-17(13-21-12-14)26-16-5-7-23(8-6-16)15(2)18-3-4-19-20(22-18)25-10-9-24-19/h3-4,11-13,15-16H,5-10H2,1-2H3. The number of aromatic nitrogens is 2. The Morgan fingerprint density at radius 2 is 1.96 bits per heavy atom. The largest absolute Gasteiger partial charge is 0.489 e. The molecular formula is C20H25N3O3. The van der Waals surface area contributed by atoms with Gasteiger partial charge in [0.05, 0.1) is 11.9 Å². The van der Waals surface area contributed by atoms with Gasteiger partial charge in [0.15, 0.2) is 5.75 Å². The fourth-order valence-electron chi connectivity index (χ4n) is 3.53. The van der Waals surface area contributed by atoms with E-state index in [4.69, 9.17) is 14.2 Å². The summed E-state index contributed by atoms with van der Waals surface area (Å²) in [4.78, 5) is 11.3. The normalized spacial score (nSPS) is 19.2. The molecule has 138 valence electrons. The molecule has 2 aliphatic rings. The maximum absolute atomic E-state index is 6.10. The van der Waals surface area contributed by atoms with Crippen molar-refractivity contribution in [3.05, 3.63) is 41.9 Å². The summed E-state index contributed by atoms with van der Waals surface area (Å²) in [6.45, 7) is 7.36. The minimum atomic E-state index is 0.243. The topological polar surface area (TPSA) is 56.7 Å². The van der Waals surface area contributed by atoms with Gasteiger partial charge in [0, 0.05) is 25.3 Å². The zero-order chi connectivity index (χ0) is 17.9. The van der Waals surface area contributed by atoms with E-state index in [0.29, 0.717) is 19.1 Å². The quantitative estimate of drug-likeness (QED) is 0.840. The molecule has 0 saturated carbocycles. The summed E-state index contributed by atoms with van der Waals surface area (Å²) < 4.78 is 17.3. The van der Waals surface area contributed by atoms with Crippen LogP contribution in [0.4, 0.5) is 0 Å². The Bertz CT molecular complexity index is 760. The Labute approximate surface area is 154 Å². The number of piperidine rings is 1. The first-order valence-electron chi connectivity index (χ1n) is 9.28. The summed E-state index contributed by atoms with van der Waals surface area (Å²) in [7, 11) is 0. The van der Waals surface area contributed by atoms with Crippen LogP contribution < -0.4 is 14.2 Å². The average Bonchev–Trinajstić information content (AvgIpc) is 2.68. The van der Waals surface area contributed by atoms with Gasteiger partial charge in [-0.3, -0.25) is 9.88 Å². The smallest absolute Gasteiger partial charge is 0.257 e. The second-order valence-electron chi connectivity index (χ2n) is 6.96. The number of fused-ring (bicyclic) bond motifs is 1. The molecule has 6 nitrogen and oxygen atoms in total. The zero-order valence-electron chi connectivity index (χ0n) is 15.4. The Kier molecular flexibility index (Phi) is 4.93. The molecule has 0 aliphatic carbocycles. The third kappa shape index (κ3) is 3.75. The van der Waals surface area contributed by atoms with Crippen LogP contribution in [0.25, 0.3) is 0 Å². The number of nitrogens with zero attached hydrogens (tertiary/aromatic N) is 3. The second-order valence-corrected chi connectivity index (χ2v) is 6.96. The molecule has 0 amide bonds. The molecule has 0 N–H and O–H groups in total. The van der Waals surface area contributed by atoms with E-state index in [-0.39, 0.29) is 12.1 Å². The van der Waals surface area contributed by atoms with Gasteiger partial charge in [0.2, 0.25) is 0 Å². The van der Waals surface area contributed by atoms with Crippen LogP contribution in [0.2, 0.25) is 0 Å². The van der Waals surface area contributed by atoms with Crippen molar-refractivity contribution in [1.82, 2.24) is 14.9 Å². The van der Waals surface area contributed by atoms with E-state index in [1.54, 1.807) is 6.20 Å². The van der Waals surface area contributed by atoms with Gasteiger partial charge >= 0.3 is 0 Å². The first-order valence-corrected chi connectivity index (χ1v) is 9.28. The lowest BCUT2D eigenvalue weighted by Crippen LogP contribution is -2.39. The maximum Gasteiger partial charge on any atom is 0.257 e. The predicted octanol–water partition coefficient (Wildman–Crippen LogP) is 3.16. The van der Waals surface area contributed by atoms with Crippen molar-refractivity contribution >= 4 is 0 Å². The van der Waals surface area contributed by atoms with E-state index < -0.39 is 0 Å². The van der Waals surface area contributed by atoms with Crippen molar-refractivity contribution in [1.29, 1.82) is 0 Å². The highest BCUT2D eigenvalue weighted by Crippen LogP contribution is 2.32. The molecule has 4 heterocycles. The first-order chi connectivity index (χ1) is 12.7. The number of hydrogen-bond acceptors (Lipinski definition) is 6. The molecule has 1 unspecified atom stereocenters. The molecule has 2 aromatic heterocycles. The van der Waals surface area contributed by atoms with Crippen molar-refractivity contribution in [2.24, 2.45) is 0 Å². The summed E-state index contributed by atoms with van der Waals surface area (Å²) in [6, 6.07) is 6.29. The summed E-state index contributed by atoms with van der Waals surface area (Å²) in [5.74, 6) is 2.22. The van der Waals surface area contributed by atoms with E-state index in [9.17, 15) is 0 Å². The SMILES string of the molecule is Cc1cncc(OC2CCN(C(C)c3ccc4c(n3)OCCO4)CC2)c1. The lowest BCUT2D eigenvalue weighted by atomic mass is 10.0. The van der Waals surface area contributed by atoms with E-state index >= 15 is 0 Å². The average molecular weight is 355 g/mol. The number of rotatable bonds is 4. The third-order valence-electron chi connectivity index (χ3n) is 5.03. The summed E-state index contributed by atoms with van der Waals surface area (Å²) in [5, 5.41) is 0. The molecule has 0 bridgehead atoms. The number of likely N-dealkylation sites (tertiary alicyclic amines) is 1. The highest BCUT2D eigenvalue weighted by atomic mass is 16.6. The molecule has 1 atom stereocenters. The third-order valence-corrected chi connectivity index (χ3v) is 5.03. The molecule has 2 aliphatic heterocycles. The van der Waals surface area contributed by atoms with Gasteiger partial charge in [-0.2, -0.15) is 0 Å². The van der Waals surface area contributed by atoms with Gasteiger partial charge < -0.3 is 14.2 Å². The van der Waals surface area contributed by atoms with Gasteiger partial charge in [-0.15, -0.1) is 0 Å². The number of pyridine rings is 2. The van der Waals surface area contributed by atoms with Crippen molar-refractivity contribution in [3.63, 3.8) is 0 Å². The Hall–Kier alpha value is -2.34. The lowest BCUT2D eigenvalue weighted by Gasteiger charge is -2.36. The molecule has 4 rings (SSSR count). The zero-order valence-corrected chi connectivity index (χ0v) is 15.4. The molecule has 0 spiro atoms. The fraction of sp³-hybridized carbons (Fsp3) is 0.500. The molecule has 26 heavy (non-hydrogen) atoms. The Balaban J connectivity index is 1.35. The van der Waals surface area contributed by atoms with Crippen molar-refractivity contribution < 1.29 is 14.2 Å². The lowest BCUT2D eigenvalue weighted by molar-refractivity contribution is 0.0778. The Morgan fingerprint density at radius 3 is 2.77 bits per heavy atom. The Morgan fingerprint density at radius 1 is 1.15 bits per heavy atom. The summed E-state index contributed by atoms with van der Waals surface area (Å²) >= 11 is 0. The number of aryl methyl sites for hydroxylation is 1. The monoisotopic (exact) mass is 355 g/mol. The van der Waals surface area contributed by atoms with Crippen LogP contribution in [-0.2, 0) is 0 Å². The minimum Gasteiger partial charge on any atom is -0.489 e. The molecule has 0 aromatic carbocycles. The van der Waals surface area contributed by atoms with E-state index in [2.05, 4.69) is 21.8 Å². The van der Waals surface area contributed by atoms with Crippen molar-refractivity contribution in [3.8, 4) is 17.4 Å². The highest BCUT2D eigenvalue weighted by Gasteiger charge is 2.26. The minimum absolute atomic E-state index is 0.243. The van der Waals surface area contributed by atoms with Gasteiger partial charge in [0.25, 0.3) is 5.88 Å². The van der Waals surface area contributed by atoms with Crippen LogP contribution in [-0.4, -0.2) is 47.3 Å². The van der Waals surface area contributed by atoms with Gasteiger partial charge in [-0.05, 0) is 50.5 Å². The molecule has 0 radical (unpaired) electrons.